The molecule has 0 aliphatic heterocycles. The van der Waals surface area contributed by atoms with Gasteiger partial charge in [0.05, 0.1) is 25.2 Å². The highest BCUT2D eigenvalue weighted by Gasteiger charge is 2.24. The van der Waals surface area contributed by atoms with Gasteiger partial charge in [-0.25, -0.2) is 4.79 Å². The van der Waals surface area contributed by atoms with E-state index in [0.29, 0.717) is 0 Å². The van der Waals surface area contributed by atoms with E-state index in [1.54, 1.807) is 0 Å². The first-order chi connectivity index (χ1) is 8.99. The fourth-order valence-electron chi connectivity index (χ4n) is 1.78. The van der Waals surface area contributed by atoms with Crippen LogP contribution in [0.15, 0.2) is 15.7 Å². The summed E-state index contributed by atoms with van der Waals surface area (Å²) < 4.78 is 9.85. The van der Waals surface area contributed by atoms with Crippen molar-refractivity contribution < 1.29 is 14.4 Å². The topological polar surface area (TPSA) is 127 Å². The molecule has 0 fully saturated rings. The van der Waals surface area contributed by atoms with Gasteiger partial charge in [-0.05, 0) is 0 Å². The number of rotatable bonds is 3. The number of nitrogens with zero attached hydrogens (tertiary/aromatic N) is 1. The second-order valence-electron chi connectivity index (χ2n) is 3.55. The standard InChI is InChI=1S/C10H9N3O6/c1-18-5-3-4(13(16)17)8(19-2)6-7(5)11-10(15)12-9(6)14/h3H,1-2H3,(H2,11,12,14,15). The van der Waals surface area contributed by atoms with Crippen LogP contribution in [-0.4, -0.2) is 29.1 Å². The molecule has 0 amide bonds. The maximum absolute atomic E-state index is 11.8. The lowest BCUT2D eigenvalue weighted by Gasteiger charge is -2.08. The van der Waals surface area contributed by atoms with Crippen LogP contribution in [0.1, 0.15) is 0 Å². The number of nitro groups is 1. The molecule has 0 atom stereocenters. The van der Waals surface area contributed by atoms with Crippen molar-refractivity contribution in [3.8, 4) is 11.5 Å². The first-order valence-electron chi connectivity index (χ1n) is 5.05. The Labute approximate surface area is 104 Å². The van der Waals surface area contributed by atoms with Crippen LogP contribution < -0.4 is 20.7 Å². The van der Waals surface area contributed by atoms with Crippen molar-refractivity contribution in [2.24, 2.45) is 0 Å². The van der Waals surface area contributed by atoms with E-state index in [2.05, 4.69) is 4.98 Å². The largest absolute Gasteiger partial charge is 0.494 e. The Morgan fingerprint density at radius 2 is 1.89 bits per heavy atom. The molecule has 0 saturated carbocycles. The molecule has 19 heavy (non-hydrogen) atoms. The zero-order chi connectivity index (χ0) is 14.2. The summed E-state index contributed by atoms with van der Waals surface area (Å²) in [7, 11) is 2.46. The van der Waals surface area contributed by atoms with Crippen LogP contribution in [0.3, 0.4) is 0 Å². The molecule has 1 aromatic carbocycles. The van der Waals surface area contributed by atoms with Crippen LogP contribution in [0, 0.1) is 10.1 Å². The molecule has 0 bridgehead atoms. The number of ether oxygens (including phenoxy) is 2. The lowest BCUT2D eigenvalue weighted by Crippen LogP contribution is -2.22. The van der Waals surface area contributed by atoms with Gasteiger partial charge >= 0.3 is 11.4 Å². The SMILES string of the molecule is COc1cc([N+](=O)[O-])c(OC)c2c(=O)[nH]c(=O)[nH]c12. The molecule has 1 heterocycles. The molecule has 2 N–H and O–H groups in total. The minimum atomic E-state index is -0.794. The molecule has 0 unspecified atom stereocenters. The summed E-state index contributed by atoms with van der Waals surface area (Å²) in [5, 5.41) is 10.8. The Balaban J connectivity index is 3.09. The third-order valence-corrected chi connectivity index (χ3v) is 2.54. The van der Waals surface area contributed by atoms with Crippen molar-refractivity contribution in [1.82, 2.24) is 9.97 Å². The fraction of sp³-hybridized carbons (Fsp3) is 0.200. The number of H-pyrrole nitrogens is 2. The van der Waals surface area contributed by atoms with Crippen LogP contribution in [0.25, 0.3) is 10.9 Å². The molecule has 9 nitrogen and oxygen atoms in total. The second kappa shape index (κ2) is 4.44. The second-order valence-corrected chi connectivity index (χ2v) is 3.55. The van der Waals surface area contributed by atoms with Gasteiger partial charge in [0.2, 0.25) is 5.75 Å². The maximum atomic E-state index is 11.8. The number of hydrogen-bond donors (Lipinski definition) is 2. The molecule has 0 spiro atoms. The molecule has 1 aromatic heterocycles. The average Bonchev–Trinajstić information content (AvgIpc) is 2.36. The van der Waals surface area contributed by atoms with E-state index in [4.69, 9.17) is 9.47 Å². The highest BCUT2D eigenvalue weighted by Crippen LogP contribution is 2.37. The van der Waals surface area contributed by atoms with E-state index in [1.807, 2.05) is 4.98 Å². The lowest BCUT2D eigenvalue weighted by molar-refractivity contribution is -0.385. The van der Waals surface area contributed by atoms with E-state index in [1.165, 1.54) is 14.2 Å². The normalized spacial score (nSPS) is 10.4. The summed E-state index contributed by atoms with van der Waals surface area (Å²) in [5.74, 6) is -0.232. The molecule has 2 aromatic rings. The monoisotopic (exact) mass is 267 g/mol. The van der Waals surface area contributed by atoms with Gasteiger partial charge in [-0.3, -0.25) is 19.9 Å². The van der Waals surface area contributed by atoms with E-state index >= 15 is 0 Å². The smallest absolute Gasteiger partial charge is 0.326 e. The minimum absolute atomic E-state index is 0.00528. The molecule has 0 radical (unpaired) electrons. The molecule has 0 saturated heterocycles. The Kier molecular flexibility index (Phi) is 2.95. The fourth-order valence-corrected chi connectivity index (χ4v) is 1.78. The number of nitro benzene ring substituents is 1. The van der Waals surface area contributed by atoms with Gasteiger partial charge in [-0.1, -0.05) is 0 Å². The number of aromatic nitrogens is 2. The molecule has 0 aliphatic carbocycles. The van der Waals surface area contributed by atoms with Crippen molar-refractivity contribution >= 4 is 16.6 Å². The zero-order valence-corrected chi connectivity index (χ0v) is 9.97. The lowest BCUT2D eigenvalue weighted by atomic mass is 10.2. The summed E-state index contributed by atoms with van der Waals surface area (Å²) in [6.45, 7) is 0. The van der Waals surface area contributed by atoms with Gasteiger partial charge in [0.15, 0.2) is 0 Å². The maximum Gasteiger partial charge on any atom is 0.326 e. The Bertz CT molecular complexity index is 775. The van der Waals surface area contributed by atoms with E-state index in [9.17, 15) is 19.7 Å². The van der Waals surface area contributed by atoms with Crippen LogP contribution in [0.5, 0.6) is 11.5 Å². The molecular formula is C10H9N3O6. The van der Waals surface area contributed by atoms with Crippen molar-refractivity contribution in [3.63, 3.8) is 0 Å². The van der Waals surface area contributed by atoms with E-state index in [0.717, 1.165) is 6.07 Å². The number of hydrogen-bond acceptors (Lipinski definition) is 6. The van der Waals surface area contributed by atoms with Crippen LogP contribution in [0.4, 0.5) is 5.69 Å². The quantitative estimate of drug-likeness (QED) is 0.601. The Morgan fingerprint density at radius 1 is 1.21 bits per heavy atom. The number of fused-ring (bicyclic) bond motifs is 1. The third kappa shape index (κ3) is 1.90. The third-order valence-electron chi connectivity index (χ3n) is 2.54. The van der Waals surface area contributed by atoms with Crippen molar-refractivity contribution in [2.75, 3.05) is 14.2 Å². The van der Waals surface area contributed by atoms with Gasteiger partial charge in [-0.15, -0.1) is 0 Å². The van der Waals surface area contributed by atoms with Crippen LogP contribution >= 0.6 is 0 Å². The molecule has 9 heteroatoms. The van der Waals surface area contributed by atoms with Gasteiger partial charge in [-0.2, -0.15) is 0 Å². The Morgan fingerprint density at radius 3 is 2.42 bits per heavy atom. The highest BCUT2D eigenvalue weighted by molar-refractivity contribution is 5.93. The van der Waals surface area contributed by atoms with Gasteiger partial charge in [0, 0.05) is 0 Å². The number of benzene rings is 1. The van der Waals surface area contributed by atoms with Crippen molar-refractivity contribution in [3.05, 3.63) is 37.0 Å². The predicted molar refractivity (Wildman–Crippen MR) is 64.9 cm³/mol. The molecule has 2 rings (SSSR count). The summed E-state index contributed by atoms with van der Waals surface area (Å²) >= 11 is 0. The highest BCUT2D eigenvalue weighted by atomic mass is 16.6. The molecule has 0 aliphatic rings. The van der Waals surface area contributed by atoms with Crippen LogP contribution in [0.2, 0.25) is 0 Å². The van der Waals surface area contributed by atoms with E-state index in [-0.39, 0.29) is 22.4 Å². The molecule has 100 valence electrons. The van der Waals surface area contributed by atoms with Crippen molar-refractivity contribution in [2.45, 2.75) is 0 Å². The first-order valence-corrected chi connectivity index (χ1v) is 5.05. The summed E-state index contributed by atoms with van der Waals surface area (Å²) in [5.41, 5.74) is -1.92. The van der Waals surface area contributed by atoms with Gasteiger partial charge < -0.3 is 14.5 Å². The predicted octanol–water partition coefficient (Wildman–Crippen LogP) is 0.142. The number of methoxy groups -OCH3 is 2. The number of nitrogens with one attached hydrogen (secondary N) is 2. The summed E-state index contributed by atoms with van der Waals surface area (Å²) in [4.78, 5) is 37.6. The van der Waals surface area contributed by atoms with E-state index < -0.39 is 21.9 Å². The van der Waals surface area contributed by atoms with Gasteiger partial charge in [0.25, 0.3) is 5.56 Å². The average molecular weight is 267 g/mol. The van der Waals surface area contributed by atoms with Gasteiger partial charge in [0.1, 0.15) is 16.7 Å². The first kappa shape index (κ1) is 12.6. The molecular weight excluding hydrogens is 258 g/mol. The zero-order valence-electron chi connectivity index (χ0n) is 9.97. The summed E-state index contributed by atoms with van der Waals surface area (Å²) in [6, 6.07) is 1.08. The number of aromatic amines is 2. The Hall–Kier alpha value is -2.84. The summed E-state index contributed by atoms with van der Waals surface area (Å²) in [6.07, 6.45) is 0. The minimum Gasteiger partial charge on any atom is -0.494 e. The van der Waals surface area contributed by atoms with Crippen LogP contribution in [-0.2, 0) is 0 Å². The van der Waals surface area contributed by atoms with Crippen molar-refractivity contribution in [1.29, 1.82) is 0 Å².